The lowest BCUT2D eigenvalue weighted by Gasteiger charge is -2.16. The highest BCUT2D eigenvalue weighted by Crippen LogP contribution is 2.33. The summed E-state index contributed by atoms with van der Waals surface area (Å²) >= 11 is 2.91. The molecule has 0 saturated carbocycles. The van der Waals surface area contributed by atoms with E-state index in [1.165, 1.54) is 12.1 Å². The van der Waals surface area contributed by atoms with Crippen LogP contribution in [0, 0.1) is 21.7 Å². The van der Waals surface area contributed by atoms with Gasteiger partial charge in [-0.25, -0.2) is 8.78 Å². The van der Waals surface area contributed by atoms with Crippen LogP contribution < -0.4 is 5.32 Å². The third kappa shape index (κ3) is 3.55. The molecule has 1 atom stereocenters. The molecule has 1 N–H and O–H groups in total. The van der Waals surface area contributed by atoms with Crippen molar-refractivity contribution in [1.82, 2.24) is 0 Å². The Bertz CT molecular complexity index is 695. The number of nitro benzene ring substituents is 1. The molecular weight excluding hydrogens is 346 g/mol. The van der Waals surface area contributed by atoms with Crippen molar-refractivity contribution in [1.29, 1.82) is 0 Å². The molecule has 21 heavy (non-hydrogen) atoms. The van der Waals surface area contributed by atoms with Crippen LogP contribution in [-0.2, 0) is 0 Å². The molecule has 110 valence electrons. The van der Waals surface area contributed by atoms with Crippen molar-refractivity contribution in [3.05, 3.63) is 68.2 Å². The minimum atomic E-state index is -0.616. The zero-order valence-corrected chi connectivity index (χ0v) is 12.5. The van der Waals surface area contributed by atoms with Gasteiger partial charge < -0.3 is 5.32 Å². The summed E-state index contributed by atoms with van der Waals surface area (Å²) in [7, 11) is 0. The summed E-state index contributed by atoms with van der Waals surface area (Å²) in [6.07, 6.45) is 0. The maximum absolute atomic E-state index is 13.6. The Hall–Kier alpha value is -2.02. The van der Waals surface area contributed by atoms with Gasteiger partial charge in [-0.15, -0.1) is 0 Å². The summed E-state index contributed by atoms with van der Waals surface area (Å²) < 4.78 is 26.8. The van der Waals surface area contributed by atoms with Crippen molar-refractivity contribution in [3.8, 4) is 0 Å². The number of benzene rings is 2. The van der Waals surface area contributed by atoms with Crippen molar-refractivity contribution in [2.45, 2.75) is 13.0 Å². The van der Waals surface area contributed by atoms with E-state index in [4.69, 9.17) is 0 Å². The smallest absolute Gasteiger partial charge is 0.293 e. The fourth-order valence-electron chi connectivity index (χ4n) is 1.90. The molecule has 0 aliphatic carbocycles. The van der Waals surface area contributed by atoms with Gasteiger partial charge in [-0.3, -0.25) is 10.1 Å². The topological polar surface area (TPSA) is 55.2 Å². The number of halogens is 3. The second kappa shape index (κ2) is 6.17. The molecule has 4 nitrogen and oxygen atoms in total. The minimum Gasteiger partial charge on any atom is -0.373 e. The molecular formula is C14H11BrF2N2O2. The fraction of sp³-hybridized carbons (Fsp3) is 0.143. The highest BCUT2D eigenvalue weighted by atomic mass is 79.9. The number of rotatable bonds is 4. The molecule has 0 spiro atoms. The summed E-state index contributed by atoms with van der Waals surface area (Å²) in [6.45, 7) is 1.71. The number of nitro groups is 1. The Morgan fingerprint density at radius 3 is 2.62 bits per heavy atom. The quantitative estimate of drug-likeness (QED) is 0.631. The number of anilines is 1. The Balaban J connectivity index is 2.34. The molecule has 0 aliphatic heterocycles. The number of hydrogen-bond donors (Lipinski definition) is 1. The van der Waals surface area contributed by atoms with Crippen LogP contribution >= 0.6 is 15.9 Å². The lowest BCUT2D eigenvalue weighted by atomic mass is 10.1. The van der Waals surface area contributed by atoms with Gasteiger partial charge in [0.1, 0.15) is 17.3 Å². The first kappa shape index (κ1) is 15.4. The highest BCUT2D eigenvalue weighted by Gasteiger charge is 2.19. The molecule has 0 radical (unpaired) electrons. The van der Waals surface area contributed by atoms with Crippen LogP contribution in [0.15, 0.2) is 40.9 Å². The maximum atomic E-state index is 13.6. The van der Waals surface area contributed by atoms with Gasteiger partial charge in [0.15, 0.2) is 0 Å². The molecule has 2 rings (SSSR count). The van der Waals surface area contributed by atoms with Gasteiger partial charge >= 0.3 is 0 Å². The van der Waals surface area contributed by atoms with Gasteiger partial charge in [0.05, 0.1) is 9.40 Å². The normalized spacial score (nSPS) is 12.0. The first-order chi connectivity index (χ1) is 9.88. The SMILES string of the molecule is CC(Nc1cc(F)c(Br)cc1[N+](=O)[O-])c1cccc(F)c1. The monoisotopic (exact) mass is 356 g/mol. The first-order valence-corrected chi connectivity index (χ1v) is 6.83. The number of hydrogen-bond acceptors (Lipinski definition) is 3. The van der Waals surface area contributed by atoms with E-state index in [9.17, 15) is 18.9 Å². The van der Waals surface area contributed by atoms with Crippen molar-refractivity contribution in [2.24, 2.45) is 0 Å². The third-order valence-electron chi connectivity index (χ3n) is 2.96. The summed E-state index contributed by atoms with van der Waals surface area (Å²) in [5.74, 6) is -1.02. The second-order valence-electron chi connectivity index (χ2n) is 4.46. The molecule has 1 unspecified atom stereocenters. The summed E-state index contributed by atoms with van der Waals surface area (Å²) in [6, 6.07) is 7.56. The molecule has 0 aromatic heterocycles. The lowest BCUT2D eigenvalue weighted by molar-refractivity contribution is -0.384. The van der Waals surface area contributed by atoms with Crippen molar-refractivity contribution in [3.63, 3.8) is 0 Å². The van der Waals surface area contributed by atoms with Crippen molar-refractivity contribution in [2.75, 3.05) is 5.32 Å². The van der Waals surface area contributed by atoms with E-state index in [-0.39, 0.29) is 15.8 Å². The molecule has 0 heterocycles. The van der Waals surface area contributed by atoms with Gasteiger partial charge in [-0.05, 0) is 40.5 Å². The van der Waals surface area contributed by atoms with Gasteiger partial charge in [-0.1, -0.05) is 12.1 Å². The van der Waals surface area contributed by atoms with Crippen molar-refractivity contribution < 1.29 is 13.7 Å². The van der Waals surface area contributed by atoms with Gasteiger partial charge in [0, 0.05) is 18.2 Å². The average Bonchev–Trinajstić information content (AvgIpc) is 2.42. The Kier molecular flexibility index (Phi) is 4.52. The largest absolute Gasteiger partial charge is 0.373 e. The van der Waals surface area contributed by atoms with Crippen LogP contribution in [0.4, 0.5) is 20.2 Å². The van der Waals surface area contributed by atoms with Crippen LogP contribution in [0.2, 0.25) is 0 Å². The molecule has 0 saturated heterocycles. The second-order valence-corrected chi connectivity index (χ2v) is 5.32. The van der Waals surface area contributed by atoms with E-state index in [0.29, 0.717) is 5.56 Å². The van der Waals surface area contributed by atoms with Crippen LogP contribution in [0.1, 0.15) is 18.5 Å². The molecule has 0 aliphatic rings. The summed E-state index contributed by atoms with van der Waals surface area (Å²) in [5.41, 5.74) is 0.386. The van der Waals surface area contributed by atoms with Crippen molar-refractivity contribution >= 4 is 27.3 Å². The molecule has 0 bridgehead atoms. The van der Waals surface area contributed by atoms with Crippen LogP contribution in [0.3, 0.4) is 0 Å². The molecule has 0 fully saturated rings. The standard InChI is InChI=1S/C14H11BrF2N2O2/c1-8(9-3-2-4-10(16)5-9)18-13-7-12(17)11(15)6-14(13)19(20)21/h2-8,18H,1H3. The Morgan fingerprint density at radius 1 is 1.29 bits per heavy atom. The van der Waals surface area contributed by atoms with E-state index in [1.807, 2.05) is 0 Å². The van der Waals surface area contributed by atoms with Gasteiger partial charge in [-0.2, -0.15) is 0 Å². The number of nitrogens with zero attached hydrogens (tertiary/aromatic N) is 1. The molecule has 2 aromatic carbocycles. The molecule has 2 aromatic rings. The zero-order chi connectivity index (χ0) is 15.6. The van der Waals surface area contributed by atoms with E-state index in [0.717, 1.165) is 12.1 Å². The first-order valence-electron chi connectivity index (χ1n) is 6.04. The molecule has 7 heteroatoms. The van der Waals surface area contributed by atoms with E-state index in [2.05, 4.69) is 21.2 Å². The number of nitrogens with one attached hydrogen (secondary N) is 1. The Morgan fingerprint density at radius 2 is 2.00 bits per heavy atom. The van der Waals surface area contributed by atoms with Gasteiger partial charge in [0.25, 0.3) is 5.69 Å². The third-order valence-corrected chi connectivity index (χ3v) is 3.56. The Labute approximate surface area is 128 Å². The lowest BCUT2D eigenvalue weighted by Crippen LogP contribution is -2.09. The predicted octanol–water partition coefficient (Wildman–Crippen LogP) is 4.81. The fourth-order valence-corrected chi connectivity index (χ4v) is 2.23. The van der Waals surface area contributed by atoms with Crippen LogP contribution in [0.5, 0.6) is 0 Å². The zero-order valence-electron chi connectivity index (χ0n) is 10.9. The molecule has 0 amide bonds. The van der Waals surface area contributed by atoms with E-state index >= 15 is 0 Å². The average molecular weight is 357 g/mol. The minimum absolute atomic E-state index is 0.0122. The summed E-state index contributed by atoms with van der Waals surface area (Å²) in [5, 5.41) is 13.9. The predicted molar refractivity (Wildman–Crippen MR) is 79.2 cm³/mol. The van der Waals surface area contributed by atoms with E-state index in [1.54, 1.807) is 19.1 Å². The maximum Gasteiger partial charge on any atom is 0.293 e. The van der Waals surface area contributed by atoms with Crippen LogP contribution in [0.25, 0.3) is 0 Å². The van der Waals surface area contributed by atoms with Gasteiger partial charge in [0.2, 0.25) is 0 Å². The van der Waals surface area contributed by atoms with E-state index < -0.39 is 22.6 Å². The van der Waals surface area contributed by atoms with Crippen LogP contribution in [-0.4, -0.2) is 4.92 Å². The summed E-state index contributed by atoms with van der Waals surface area (Å²) in [4.78, 5) is 10.4. The highest BCUT2D eigenvalue weighted by molar-refractivity contribution is 9.10.